The number of nitrogens with one attached hydrogen (secondary N) is 1. The molecule has 1 unspecified atom stereocenters. The third-order valence-electron chi connectivity index (χ3n) is 6.71. The number of ether oxygens (including phenoxy) is 2. The number of amides is 3. The van der Waals surface area contributed by atoms with E-state index in [0.717, 1.165) is 11.1 Å². The number of nitrogens with zero attached hydrogens (tertiary/aromatic N) is 1. The highest BCUT2D eigenvalue weighted by Crippen LogP contribution is 2.46. The molecule has 2 aromatic carbocycles. The second kappa shape index (κ2) is 11.3. The summed E-state index contributed by atoms with van der Waals surface area (Å²) in [5.74, 6) is 0.0829. The molecule has 1 heterocycles. The van der Waals surface area contributed by atoms with Crippen molar-refractivity contribution >= 4 is 17.7 Å². The van der Waals surface area contributed by atoms with Gasteiger partial charge >= 0.3 is 6.03 Å². The first kappa shape index (κ1) is 26.2. The smallest absolute Gasteiger partial charge is 0.327 e. The van der Waals surface area contributed by atoms with Gasteiger partial charge in [-0.05, 0) is 56.0 Å². The fraction of sp³-hybridized carbons (Fsp3) is 0.393. The largest absolute Gasteiger partial charge is 0.469 e. The molecule has 0 aliphatic carbocycles. The van der Waals surface area contributed by atoms with Gasteiger partial charge < -0.3 is 14.8 Å². The molecule has 0 aromatic heterocycles. The van der Waals surface area contributed by atoms with Crippen molar-refractivity contribution in [3.8, 4) is 5.75 Å². The Hall–Kier alpha value is -3.45. The predicted octanol–water partition coefficient (Wildman–Crippen LogP) is 5.20. The van der Waals surface area contributed by atoms with Crippen molar-refractivity contribution in [2.24, 2.45) is 5.41 Å². The number of Topliss-reactive ketones (excluding diaryl/α,β-unsaturated/α-hetero) is 1. The molecule has 1 aliphatic heterocycles. The summed E-state index contributed by atoms with van der Waals surface area (Å²) in [5, 5.41) is 2.98. The first-order valence-electron chi connectivity index (χ1n) is 11.9. The van der Waals surface area contributed by atoms with Crippen molar-refractivity contribution in [1.29, 1.82) is 0 Å². The number of urea groups is 1. The number of β-lactam (4-membered cyclic amide) rings is 1. The lowest BCUT2D eigenvalue weighted by Gasteiger charge is -2.53. The minimum atomic E-state index is -0.792. The topological polar surface area (TPSA) is 84.9 Å². The quantitative estimate of drug-likeness (QED) is 0.272. The number of aryl methyl sites for hydroxylation is 1. The lowest BCUT2D eigenvalue weighted by atomic mass is 9.72. The van der Waals surface area contributed by atoms with E-state index in [2.05, 4.69) is 11.9 Å². The number of likely N-dealkylation sites (tertiary alicyclic amines) is 1. The highest BCUT2D eigenvalue weighted by atomic mass is 16.5. The normalized spacial score (nSPS) is 17.3. The fourth-order valence-electron chi connectivity index (χ4n) is 4.42. The van der Waals surface area contributed by atoms with Gasteiger partial charge in [0.1, 0.15) is 17.8 Å². The molecule has 2 aromatic rings. The second-order valence-corrected chi connectivity index (χ2v) is 8.83. The van der Waals surface area contributed by atoms with E-state index >= 15 is 0 Å². The van der Waals surface area contributed by atoms with E-state index in [1.54, 1.807) is 30.3 Å². The van der Waals surface area contributed by atoms with Crippen molar-refractivity contribution in [1.82, 2.24) is 10.2 Å². The molecular formula is C28H34N2O5. The molecule has 186 valence electrons. The number of ketones is 1. The number of hydrogen-bond acceptors (Lipinski definition) is 5. The fourth-order valence-corrected chi connectivity index (χ4v) is 4.42. The number of imide groups is 1. The van der Waals surface area contributed by atoms with E-state index in [1.807, 2.05) is 45.0 Å². The Balaban J connectivity index is 1.82. The summed E-state index contributed by atoms with van der Waals surface area (Å²) in [4.78, 5) is 39.8. The van der Waals surface area contributed by atoms with E-state index in [-0.39, 0.29) is 24.3 Å². The van der Waals surface area contributed by atoms with Crippen LogP contribution in [0.5, 0.6) is 5.75 Å². The number of carbonyl (C=O) groups is 3. The van der Waals surface area contributed by atoms with Gasteiger partial charge in [0.05, 0.1) is 6.04 Å². The van der Waals surface area contributed by atoms with E-state index < -0.39 is 17.7 Å². The Bertz CT molecular complexity index is 1060. The molecule has 3 amide bonds. The highest BCUT2D eigenvalue weighted by Gasteiger charge is 2.63. The molecule has 0 bridgehead atoms. The van der Waals surface area contributed by atoms with E-state index in [1.165, 1.54) is 12.0 Å². The lowest BCUT2D eigenvalue weighted by molar-refractivity contribution is -0.190. The summed E-state index contributed by atoms with van der Waals surface area (Å²) in [6.45, 7) is 9.65. The van der Waals surface area contributed by atoms with Crippen LogP contribution >= 0.6 is 0 Å². The van der Waals surface area contributed by atoms with Crippen molar-refractivity contribution < 1.29 is 23.9 Å². The first-order valence-corrected chi connectivity index (χ1v) is 11.9. The molecule has 1 fully saturated rings. The van der Waals surface area contributed by atoms with Crippen molar-refractivity contribution in [2.45, 2.75) is 52.3 Å². The van der Waals surface area contributed by atoms with Crippen molar-refractivity contribution in [3.63, 3.8) is 0 Å². The van der Waals surface area contributed by atoms with Gasteiger partial charge in [-0.3, -0.25) is 9.59 Å². The zero-order chi connectivity index (χ0) is 25.6. The minimum Gasteiger partial charge on any atom is -0.469 e. The first-order chi connectivity index (χ1) is 16.8. The predicted molar refractivity (Wildman–Crippen MR) is 134 cm³/mol. The maximum Gasteiger partial charge on any atom is 0.327 e. The molecule has 2 atom stereocenters. The Morgan fingerprint density at radius 1 is 1.11 bits per heavy atom. The number of methoxy groups -OCH3 is 1. The van der Waals surface area contributed by atoms with Crippen LogP contribution in [0.15, 0.2) is 61.2 Å². The molecule has 1 N–H and O–H groups in total. The second-order valence-electron chi connectivity index (χ2n) is 8.83. The molecule has 7 nitrogen and oxygen atoms in total. The zero-order valence-corrected chi connectivity index (χ0v) is 20.9. The Morgan fingerprint density at radius 3 is 2.29 bits per heavy atom. The van der Waals surface area contributed by atoms with Crippen LogP contribution in [0, 0.1) is 12.3 Å². The maximum atomic E-state index is 13.3. The SMILES string of the molecule is C=CC[C@@H](NC(=O)N1C(=O)C(CC)(CC)C1Oc1ccc(C(=O)COC)cc1)c1ccc(C)cc1. The third-order valence-corrected chi connectivity index (χ3v) is 6.71. The van der Waals surface area contributed by atoms with Gasteiger partial charge in [-0.15, -0.1) is 6.58 Å². The Morgan fingerprint density at radius 2 is 1.74 bits per heavy atom. The molecule has 0 spiro atoms. The molecule has 35 heavy (non-hydrogen) atoms. The van der Waals surface area contributed by atoms with Gasteiger partial charge in [-0.1, -0.05) is 49.8 Å². The Labute approximate surface area is 207 Å². The number of rotatable bonds is 11. The van der Waals surface area contributed by atoms with Crippen LogP contribution in [0.3, 0.4) is 0 Å². The summed E-state index contributed by atoms with van der Waals surface area (Å²) >= 11 is 0. The van der Waals surface area contributed by atoms with Crippen LogP contribution in [0.25, 0.3) is 0 Å². The minimum absolute atomic E-state index is 0.00703. The van der Waals surface area contributed by atoms with Crippen LogP contribution < -0.4 is 10.1 Å². The average molecular weight is 479 g/mol. The van der Waals surface area contributed by atoms with Gasteiger partial charge in [-0.25, -0.2) is 9.69 Å². The van der Waals surface area contributed by atoms with E-state index in [0.29, 0.717) is 30.6 Å². The van der Waals surface area contributed by atoms with E-state index in [9.17, 15) is 14.4 Å². The Kier molecular flexibility index (Phi) is 8.46. The average Bonchev–Trinajstić information content (AvgIpc) is 2.85. The molecule has 0 radical (unpaired) electrons. The van der Waals surface area contributed by atoms with Crippen LogP contribution in [-0.2, 0) is 9.53 Å². The third kappa shape index (κ3) is 5.30. The van der Waals surface area contributed by atoms with Crippen LogP contribution in [-0.4, -0.2) is 42.6 Å². The van der Waals surface area contributed by atoms with E-state index in [4.69, 9.17) is 9.47 Å². The molecule has 7 heteroatoms. The molecular weight excluding hydrogens is 444 g/mol. The monoisotopic (exact) mass is 478 g/mol. The molecule has 3 rings (SSSR count). The number of hydrogen-bond donors (Lipinski definition) is 1. The number of carbonyl (C=O) groups excluding carboxylic acids is 3. The molecule has 1 saturated heterocycles. The maximum absolute atomic E-state index is 13.3. The van der Waals surface area contributed by atoms with Crippen LogP contribution in [0.1, 0.15) is 60.6 Å². The van der Waals surface area contributed by atoms with Gasteiger partial charge in [0.15, 0.2) is 12.0 Å². The standard InChI is InChI=1S/C28H34N2O5/c1-6-9-23(20-12-10-19(4)11-13-20)29-27(33)30-25(32)28(7-2,8-3)26(30)35-22-16-14-21(15-17-22)24(31)18-34-5/h6,10-17,23,26H,1,7-9,18H2,2-5H3,(H,29,33)/t23-,26?/m1/s1. The summed E-state index contributed by atoms with van der Waals surface area (Å²) in [6, 6.07) is 13.7. The van der Waals surface area contributed by atoms with Crippen LogP contribution in [0.4, 0.5) is 4.79 Å². The van der Waals surface area contributed by atoms with Gasteiger partial charge in [0.25, 0.3) is 0 Å². The lowest BCUT2D eigenvalue weighted by Crippen LogP contribution is -2.73. The number of benzene rings is 2. The van der Waals surface area contributed by atoms with Gasteiger partial charge in [-0.2, -0.15) is 0 Å². The molecule has 0 saturated carbocycles. The van der Waals surface area contributed by atoms with Crippen LogP contribution in [0.2, 0.25) is 0 Å². The highest BCUT2D eigenvalue weighted by molar-refractivity contribution is 6.03. The van der Waals surface area contributed by atoms with Crippen molar-refractivity contribution in [3.05, 3.63) is 77.9 Å². The van der Waals surface area contributed by atoms with Gasteiger partial charge in [0.2, 0.25) is 5.91 Å². The van der Waals surface area contributed by atoms with Crippen molar-refractivity contribution in [2.75, 3.05) is 13.7 Å². The van der Waals surface area contributed by atoms with Gasteiger partial charge in [0, 0.05) is 12.7 Å². The summed E-state index contributed by atoms with van der Waals surface area (Å²) in [7, 11) is 1.47. The summed E-state index contributed by atoms with van der Waals surface area (Å²) in [6.07, 6.45) is 2.58. The zero-order valence-electron chi connectivity index (χ0n) is 20.9. The molecule has 1 aliphatic rings. The summed E-state index contributed by atoms with van der Waals surface area (Å²) < 4.78 is 11.1. The summed E-state index contributed by atoms with van der Waals surface area (Å²) in [5.41, 5.74) is 1.76.